The van der Waals surface area contributed by atoms with Crippen molar-refractivity contribution in [3.05, 3.63) is 48.2 Å². The molecule has 3 heterocycles. The molecule has 0 saturated carbocycles. The minimum Gasteiger partial charge on any atom is -0.482 e. The first-order valence-corrected chi connectivity index (χ1v) is 8.28. The zero-order valence-corrected chi connectivity index (χ0v) is 14.5. The van der Waals surface area contributed by atoms with Gasteiger partial charge in [0.15, 0.2) is 12.4 Å². The molecule has 0 unspecified atom stereocenters. The monoisotopic (exact) mass is 364 g/mol. The zero-order chi connectivity index (χ0) is 18.8. The van der Waals surface area contributed by atoms with Gasteiger partial charge in [0.25, 0.3) is 5.91 Å². The Labute approximate surface area is 154 Å². The maximum atomic E-state index is 12.4. The van der Waals surface area contributed by atoms with E-state index in [-0.39, 0.29) is 25.0 Å². The number of aromatic amines is 1. The van der Waals surface area contributed by atoms with E-state index in [1.165, 1.54) is 4.90 Å². The van der Waals surface area contributed by atoms with Crippen molar-refractivity contribution in [3.63, 3.8) is 0 Å². The second-order valence-electron chi connectivity index (χ2n) is 6.03. The van der Waals surface area contributed by atoms with Gasteiger partial charge >= 0.3 is 0 Å². The van der Waals surface area contributed by atoms with E-state index in [0.29, 0.717) is 23.0 Å². The quantitative estimate of drug-likeness (QED) is 0.726. The summed E-state index contributed by atoms with van der Waals surface area (Å²) in [6.45, 7) is 1.67. The van der Waals surface area contributed by atoms with Crippen LogP contribution >= 0.6 is 0 Å². The minimum atomic E-state index is -0.402. The third-order valence-corrected chi connectivity index (χ3v) is 4.01. The van der Waals surface area contributed by atoms with Gasteiger partial charge in [0.2, 0.25) is 11.9 Å². The fraction of sp³-hybridized carbons (Fsp3) is 0.167. The normalized spacial score (nSPS) is 13.1. The van der Waals surface area contributed by atoms with Crippen molar-refractivity contribution in [1.82, 2.24) is 20.2 Å². The lowest BCUT2D eigenvalue weighted by molar-refractivity contribution is -0.123. The SMILES string of the molecule is Cc1ccc2c(c1)OCC(=O)N2CC(=O)Nc1nnc(-c2ccccn2)[nH]1. The summed E-state index contributed by atoms with van der Waals surface area (Å²) in [5, 5.41) is 10.5. The topological polar surface area (TPSA) is 113 Å². The molecule has 0 radical (unpaired) electrons. The van der Waals surface area contributed by atoms with Crippen molar-refractivity contribution in [2.24, 2.45) is 0 Å². The molecule has 2 aromatic heterocycles. The van der Waals surface area contributed by atoms with Crippen LogP contribution in [0.2, 0.25) is 0 Å². The lowest BCUT2D eigenvalue weighted by atomic mass is 10.1. The average molecular weight is 364 g/mol. The van der Waals surface area contributed by atoms with E-state index in [1.807, 2.05) is 25.1 Å². The number of anilines is 2. The zero-order valence-electron chi connectivity index (χ0n) is 14.5. The number of aryl methyl sites for hydroxylation is 1. The Morgan fingerprint density at radius 3 is 3.00 bits per heavy atom. The Bertz CT molecular complexity index is 1000. The predicted molar refractivity (Wildman–Crippen MR) is 97.3 cm³/mol. The Morgan fingerprint density at radius 1 is 1.30 bits per heavy atom. The van der Waals surface area contributed by atoms with Gasteiger partial charge in [-0.3, -0.25) is 24.8 Å². The maximum Gasteiger partial charge on any atom is 0.265 e. The minimum absolute atomic E-state index is 0.101. The van der Waals surface area contributed by atoms with Crippen LogP contribution in [0.25, 0.3) is 11.5 Å². The molecule has 27 heavy (non-hydrogen) atoms. The number of rotatable bonds is 4. The third-order valence-electron chi connectivity index (χ3n) is 4.01. The van der Waals surface area contributed by atoms with Crippen LogP contribution in [0, 0.1) is 6.92 Å². The number of benzene rings is 1. The number of fused-ring (bicyclic) bond motifs is 1. The molecule has 0 spiro atoms. The molecule has 1 aliphatic rings. The largest absolute Gasteiger partial charge is 0.482 e. The Hall–Kier alpha value is -3.75. The van der Waals surface area contributed by atoms with Crippen LogP contribution in [-0.2, 0) is 9.59 Å². The highest BCUT2D eigenvalue weighted by Crippen LogP contribution is 2.32. The Balaban J connectivity index is 1.47. The number of hydrogen-bond donors (Lipinski definition) is 2. The molecule has 2 N–H and O–H groups in total. The van der Waals surface area contributed by atoms with Gasteiger partial charge in [-0.05, 0) is 36.8 Å². The number of aromatic nitrogens is 4. The molecule has 136 valence electrons. The summed E-state index contributed by atoms with van der Waals surface area (Å²) in [6.07, 6.45) is 1.64. The van der Waals surface area contributed by atoms with Crippen LogP contribution < -0.4 is 15.0 Å². The van der Waals surface area contributed by atoms with Gasteiger partial charge in [-0.1, -0.05) is 12.1 Å². The van der Waals surface area contributed by atoms with E-state index in [1.54, 1.807) is 24.4 Å². The lowest BCUT2D eigenvalue weighted by Gasteiger charge is -2.28. The summed E-state index contributed by atoms with van der Waals surface area (Å²) < 4.78 is 5.44. The van der Waals surface area contributed by atoms with Crippen molar-refractivity contribution < 1.29 is 14.3 Å². The molecule has 0 bridgehead atoms. The average Bonchev–Trinajstić information content (AvgIpc) is 3.13. The summed E-state index contributed by atoms with van der Waals surface area (Å²) in [7, 11) is 0. The molecular formula is C18H16N6O3. The summed E-state index contributed by atoms with van der Waals surface area (Å²) in [6, 6.07) is 10.9. The van der Waals surface area contributed by atoms with E-state index in [0.717, 1.165) is 5.56 Å². The van der Waals surface area contributed by atoms with Gasteiger partial charge in [-0.15, -0.1) is 10.2 Å². The van der Waals surface area contributed by atoms with Crippen molar-refractivity contribution in [1.29, 1.82) is 0 Å². The van der Waals surface area contributed by atoms with Crippen LogP contribution in [0.4, 0.5) is 11.6 Å². The van der Waals surface area contributed by atoms with Crippen LogP contribution in [-0.4, -0.2) is 45.1 Å². The number of ether oxygens (including phenoxy) is 1. The first-order chi connectivity index (χ1) is 13.1. The van der Waals surface area contributed by atoms with Gasteiger partial charge in [0, 0.05) is 6.20 Å². The van der Waals surface area contributed by atoms with E-state index in [2.05, 4.69) is 25.5 Å². The van der Waals surface area contributed by atoms with Gasteiger partial charge < -0.3 is 9.72 Å². The highest BCUT2D eigenvalue weighted by molar-refractivity contribution is 6.04. The van der Waals surface area contributed by atoms with Crippen molar-refractivity contribution in [2.75, 3.05) is 23.4 Å². The third kappa shape index (κ3) is 3.47. The van der Waals surface area contributed by atoms with Gasteiger partial charge in [-0.2, -0.15) is 0 Å². The smallest absolute Gasteiger partial charge is 0.265 e. The molecule has 9 nitrogen and oxygen atoms in total. The summed E-state index contributed by atoms with van der Waals surface area (Å²) >= 11 is 0. The highest BCUT2D eigenvalue weighted by Gasteiger charge is 2.27. The number of carbonyl (C=O) groups excluding carboxylic acids is 2. The molecule has 0 saturated heterocycles. The van der Waals surface area contributed by atoms with Crippen LogP contribution in [0.3, 0.4) is 0 Å². The van der Waals surface area contributed by atoms with E-state index < -0.39 is 5.91 Å². The molecule has 1 aromatic carbocycles. The maximum absolute atomic E-state index is 12.4. The van der Waals surface area contributed by atoms with Crippen LogP contribution in [0.5, 0.6) is 5.75 Å². The predicted octanol–water partition coefficient (Wildman–Crippen LogP) is 1.54. The fourth-order valence-corrected chi connectivity index (χ4v) is 2.74. The standard InChI is InChI=1S/C18H16N6O3/c1-11-5-6-13-14(8-11)27-10-16(26)24(13)9-15(25)20-18-21-17(22-23-18)12-4-2-3-7-19-12/h2-8H,9-10H2,1H3,(H2,20,21,22,23,25). The van der Waals surface area contributed by atoms with Crippen molar-refractivity contribution in [3.8, 4) is 17.3 Å². The summed E-state index contributed by atoms with van der Waals surface area (Å²) in [5.74, 6) is 0.521. The van der Waals surface area contributed by atoms with Gasteiger partial charge in [-0.25, -0.2) is 0 Å². The van der Waals surface area contributed by atoms with Crippen LogP contribution in [0.1, 0.15) is 5.56 Å². The van der Waals surface area contributed by atoms with E-state index in [9.17, 15) is 9.59 Å². The Kier molecular flexibility index (Phi) is 4.25. The van der Waals surface area contributed by atoms with E-state index in [4.69, 9.17) is 4.74 Å². The molecule has 3 aromatic rings. The van der Waals surface area contributed by atoms with Crippen molar-refractivity contribution >= 4 is 23.5 Å². The second-order valence-corrected chi connectivity index (χ2v) is 6.03. The van der Waals surface area contributed by atoms with Gasteiger partial charge in [0.05, 0.1) is 5.69 Å². The molecule has 0 aliphatic carbocycles. The number of pyridine rings is 1. The van der Waals surface area contributed by atoms with Crippen molar-refractivity contribution in [2.45, 2.75) is 6.92 Å². The molecule has 2 amide bonds. The Morgan fingerprint density at radius 2 is 2.19 bits per heavy atom. The number of H-pyrrole nitrogens is 1. The highest BCUT2D eigenvalue weighted by atomic mass is 16.5. The summed E-state index contributed by atoms with van der Waals surface area (Å²) in [5.41, 5.74) is 2.19. The first kappa shape index (κ1) is 16.7. The molecule has 1 aliphatic heterocycles. The second kappa shape index (κ2) is 6.87. The van der Waals surface area contributed by atoms with E-state index >= 15 is 0 Å². The number of nitrogens with one attached hydrogen (secondary N) is 2. The van der Waals surface area contributed by atoms with Gasteiger partial charge in [0.1, 0.15) is 18.0 Å². The van der Waals surface area contributed by atoms with Crippen LogP contribution in [0.15, 0.2) is 42.6 Å². The lowest BCUT2D eigenvalue weighted by Crippen LogP contribution is -2.43. The molecule has 0 fully saturated rings. The molecule has 0 atom stereocenters. The number of amides is 2. The number of carbonyl (C=O) groups is 2. The number of nitrogens with zero attached hydrogens (tertiary/aromatic N) is 4. The molecular weight excluding hydrogens is 348 g/mol. The molecule has 9 heteroatoms. The molecule has 4 rings (SSSR count). The number of hydrogen-bond acceptors (Lipinski definition) is 6. The first-order valence-electron chi connectivity index (χ1n) is 8.28. The summed E-state index contributed by atoms with van der Waals surface area (Å²) in [4.78, 5) is 33.0. The fourth-order valence-electron chi connectivity index (χ4n) is 2.74.